The fourth-order valence-electron chi connectivity index (χ4n) is 2.19. The summed E-state index contributed by atoms with van der Waals surface area (Å²) in [6, 6.07) is 10.9. The van der Waals surface area contributed by atoms with Crippen molar-refractivity contribution in [3.8, 4) is 0 Å². The summed E-state index contributed by atoms with van der Waals surface area (Å²) in [5, 5.41) is 2.50. The van der Waals surface area contributed by atoms with Gasteiger partial charge in [0.1, 0.15) is 0 Å². The van der Waals surface area contributed by atoms with Crippen LogP contribution in [-0.4, -0.2) is 30.4 Å². The highest BCUT2D eigenvalue weighted by atomic mass is 35.5. The second kappa shape index (κ2) is 8.13. The summed E-state index contributed by atoms with van der Waals surface area (Å²) >= 11 is 7.28. The topological polar surface area (TPSA) is 46.6 Å². The Hall–Kier alpha value is -1.85. The first-order chi connectivity index (χ1) is 11.0. The largest absolute Gasteiger partial charge is 0.469 e. The number of nitrogens with zero attached hydrogens (tertiary/aromatic N) is 1. The highest BCUT2D eigenvalue weighted by Crippen LogP contribution is 2.18. The summed E-state index contributed by atoms with van der Waals surface area (Å²) in [6.45, 7) is 2.46. The quantitative estimate of drug-likeness (QED) is 0.742. The van der Waals surface area contributed by atoms with Crippen LogP contribution in [0, 0.1) is 5.92 Å². The van der Waals surface area contributed by atoms with Gasteiger partial charge in [-0.05, 0) is 29.1 Å². The molecule has 23 heavy (non-hydrogen) atoms. The Labute approximate surface area is 144 Å². The minimum absolute atomic E-state index is 0.0919. The monoisotopic (exact) mass is 351 g/mol. The second-order valence-corrected chi connectivity index (χ2v) is 6.60. The molecule has 6 heteroatoms. The number of benzene rings is 1. The summed E-state index contributed by atoms with van der Waals surface area (Å²) < 4.78 is 4.76. The van der Waals surface area contributed by atoms with Gasteiger partial charge in [-0.25, -0.2) is 0 Å². The minimum Gasteiger partial charge on any atom is -0.469 e. The van der Waals surface area contributed by atoms with Crippen LogP contribution in [-0.2, 0) is 16.1 Å². The summed E-state index contributed by atoms with van der Waals surface area (Å²) in [5.74, 6) is -0.813. The molecule has 2 rings (SSSR count). The van der Waals surface area contributed by atoms with Crippen LogP contribution >= 0.6 is 22.9 Å². The molecule has 1 unspecified atom stereocenters. The molecule has 0 spiro atoms. The van der Waals surface area contributed by atoms with E-state index < -0.39 is 5.92 Å². The molecule has 0 fully saturated rings. The predicted molar refractivity (Wildman–Crippen MR) is 91.7 cm³/mol. The second-order valence-electron chi connectivity index (χ2n) is 5.21. The van der Waals surface area contributed by atoms with Crippen LogP contribution in [0.2, 0.25) is 5.02 Å². The molecule has 0 saturated carbocycles. The molecule has 1 aromatic carbocycles. The Bertz CT molecular complexity index is 655. The van der Waals surface area contributed by atoms with Crippen LogP contribution < -0.4 is 0 Å². The third-order valence-electron chi connectivity index (χ3n) is 3.40. The van der Waals surface area contributed by atoms with Crippen LogP contribution in [0.1, 0.15) is 22.2 Å². The molecule has 0 N–H and O–H groups in total. The highest BCUT2D eigenvalue weighted by Gasteiger charge is 2.23. The van der Waals surface area contributed by atoms with Crippen LogP contribution in [0.15, 0.2) is 41.8 Å². The van der Waals surface area contributed by atoms with Gasteiger partial charge in [-0.2, -0.15) is 0 Å². The Morgan fingerprint density at radius 1 is 1.26 bits per heavy atom. The first-order valence-corrected chi connectivity index (χ1v) is 8.42. The number of carbonyl (C=O) groups is 2. The number of thiophene rings is 1. The maximum atomic E-state index is 12.7. The van der Waals surface area contributed by atoms with Crippen molar-refractivity contribution in [3.05, 3.63) is 57.2 Å². The number of amides is 1. The molecule has 0 saturated heterocycles. The number of carbonyl (C=O) groups excluding carboxylic acids is 2. The van der Waals surface area contributed by atoms with E-state index in [1.165, 1.54) is 18.4 Å². The Kier molecular flexibility index (Phi) is 6.19. The first-order valence-electron chi connectivity index (χ1n) is 7.16. The fourth-order valence-corrected chi connectivity index (χ4v) is 3.01. The molecule has 1 aromatic heterocycles. The van der Waals surface area contributed by atoms with Crippen molar-refractivity contribution >= 4 is 34.8 Å². The van der Waals surface area contributed by atoms with Gasteiger partial charge < -0.3 is 9.64 Å². The van der Waals surface area contributed by atoms with Gasteiger partial charge in [0.2, 0.25) is 0 Å². The highest BCUT2D eigenvalue weighted by molar-refractivity contribution is 7.12. The molecule has 4 nitrogen and oxygen atoms in total. The van der Waals surface area contributed by atoms with E-state index in [4.69, 9.17) is 16.3 Å². The molecule has 1 heterocycles. The third-order valence-corrected chi connectivity index (χ3v) is 4.51. The molecule has 0 aliphatic carbocycles. The average Bonchev–Trinajstić information content (AvgIpc) is 3.09. The normalized spacial score (nSPS) is 11.8. The third kappa shape index (κ3) is 4.81. The van der Waals surface area contributed by atoms with Crippen LogP contribution in [0.25, 0.3) is 0 Å². The zero-order valence-corrected chi connectivity index (χ0v) is 14.6. The number of halogens is 1. The maximum absolute atomic E-state index is 12.7. The van der Waals surface area contributed by atoms with Crippen molar-refractivity contribution in [1.29, 1.82) is 0 Å². The van der Waals surface area contributed by atoms with Crippen LogP contribution in [0.5, 0.6) is 0 Å². The van der Waals surface area contributed by atoms with Crippen LogP contribution in [0.3, 0.4) is 0 Å². The van der Waals surface area contributed by atoms with E-state index in [2.05, 4.69) is 0 Å². The lowest BCUT2D eigenvalue weighted by atomic mass is 10.1. The predicted octanol–water partition coefficient (Wildman–Crippen LogP) is 3.85. The molecule has 0 aliphatic heterocycles. The van der Waals surface area contributed by atoms with Gasteiger partial charge in [-0.3, -0.25) is 9.59 Å². The zero-order chi connectivity index (χ0) is 16.8. The fraction of sp³-hybridized carbons (Fsp3) is 0.294. The summed E-state index contributed by atoms with van der Waals surface area (Å²) in [6.07, 6.45) is 0. The van der Waals surface area contributed by atoms with Crippen molar-refractivity contribution in [3.63, 3.8) is 0 Å². The molecule has 0 aliphatic rings. The number of hydrogen-bond donors (Lipinski definition) is 0. The van der Waals surface area contributed by atoms with Gasteiger partial charge in [0, 0.05) is 18.1 Å². The van der Waals surface area contributed by atoms with E-state index in [0.717, 1.165) is 5.56 Å². The SMILES string of the molecule is COC(=O)C(C)CN(Cc1ccc(Cl)cc1)C(=O)c1cccs1. The number of methoxy groups -OCH3 is 1. The van der Waals surface area contributed by atoms with E-state index in [1.54, 1.807) is 30.0 Å². The van der Waals surface area contributed by atoms with Gasteiger partial charge in [-0.1, -0.05) is 36.7 Å². The van der Waals surface area contributed by atoms with Crippen molar-refractivity contribution in [2.45, 2.75) is 13.5 Å². The number of esters is 1. The number of rotatable bonds is 6. The van der Waals surface area contributed by atoms with E-state index in [9.17, 15) is 9.59 Å². The summed E-state index contributed by atoms with van der Waals surface area (Å²) in [5.41, 5.74) is 0.955. The standard InChI is InChI=1S/C17H18ClNO3S/c1-12(17(21)22-2)10-19(16(20)15-4-3-9-23-15)11-13-5-7-14(18)8-6-13/h3-9,12H,10-11H2,1-2H3. The lowest BCUT2D eigenvalue weighted by molar-refractivity contribution is -0.145. The zero-order valence-electron chi connectivity index (χ0n) is 13.0. The van der Waals surface area contributed by atoms with Gasteiger partial charge in [-0.15, -0.1) is 11.3 Å². The number of hydrogen-bond acceptors (Lipinski definition) is 4. The Morgan fingerprint density at radius 2 is 1.96 bits per heavy atom. The molecule has 122 valence electrons. The lowest BCUT2D eigenvalue weighted by Gasteiger charge is -2.24. The van der Waals surface area contributed by atoms with Gasteiger partial charge >= 0.3 is 5.97 Å². The molecule has 2 aromatic rings. The molecule has 0 radical (unpaired) electrons. The lowest BCUT2D eigenvalue weighted by Crippen LogP contribution is -2.36. The Morgan fingerprint density at radius 3 is 2.52 bits per heavy atom. The van der Waals surface area contributed by atoms with E-state index >= 15 is 0 Å². The van der Waals surface area contributed by atoms with E-state index in [-0.39, 0.29) is 11.9 Å². The Balaban J connectivity index is 2.18. The van der Waals surface area contributed by atoms with Crippen molar-refractivity contribution in [2.24, 2.45) is 5.92 Å². The van der Waals surface area contributed by atoms with Gasteiger partial charge in [0.05, 0.1) is 17.9 Å². The maximum Gasteiger partial charge on any atom is 0.310 e. The van der Waals surface area contributed by atoms with Gasteiger partial charge in [0.15, 0.2) is 0 Å². The van der Waals surface area contributed by atoms with E-state index in [0.29, 0.717) is 23.0 Å². The van der Waals surface area contributed by atoms with E-state index in [1.807, 2.05) is 23.6 Å². The van der Waals surface area contributed by atoms with Crippen LogP contribution in [0.4, 0.5) is 0 Å². The smallest absolute Gasteiger partial charge is 0.310 e. The van der Waals surface area contributed by atoms with Gasteiger partial charge in [0.25, 0.3) is 5.91 Å². The first kappa shape index (κ1) is 17.5. The average molecular weight is 352 g/mol. The molecular formula is C17H18ClNO3S. The number of ether oxygens (including phenoxy) is 1. The molecule has 1 atom stereocenters. The summed E-state index contributed by atoms with van der Waals surface area (Å²) in [7, 11) is 1.35. The van der Waals surface area contributed by atoms with Crippen molar-refractivity contribution in [1.82, 2.24) is 4.90 Å². The summed E-state index contributed by atoms with van der Waals surface area (Å²) in [4.78, 5) is 26.7. The van der Waals surface area contributed by atoms with Crippen molar-refractivity contribution in [2.75, 3.05) is 13.7 Å². The molecular weight excluding hydrogens is 334 g/mol. The van der Waals surface area contributed by atoms with Crippen molar-refractivity contribution < 1.29 is 14.3 Å². The molecule has 1 amide bonds. The minimum atomic E-state index is -0.392. The molecule has 0 bridgehead atoms.